The smallest absolute Gasteiger partial charge is 0.143 e. The normalized spacial score (nSPS) is 12.3. The Morgan fingerprint density at radius 3 is 1.69 bits per heavy atom. The second-order valence-corrected chi connectivity index (χ2v) is 14.0. The highest BCUT2D eigenvalue weighted by Crippen LogP contribution is 2.46. The zero-order valence-corrected chi connectivity index (χ0v) is 27.6. The molecule has 51 heavy (non-hydrogen) atoms. The third kappa shape index (κ3) is 3.75. The molecule has 11 aromatic carbocycles. The maximum absolute atomic E-state index is 6.91. The molecule has 1 heterocycles. The van der Waals surface area contributed by atoms with Gasteiger partial charge in [-0.25, -0.2) is 0 Å². The van der Waals surface area contributed by atoms with Crippen molar-refractivity contribution in [3.8, 4) is 22.3 Å². The molecule has 1 heteroatoms. The first-order valence-electron chi connectivity index (χ1n) is 17.7. The standard InChI is InChI=1S/C50H28O/c1-3-10-38-29(6-1)12-13-33-16-17-36-26-35(21-22-39(36)47(33)38)37-27-44(49-43-25-18-30-7-2-4-11-40(30)50(43)51-45(49)28-37)41-23-19-34-15-14-31-8-5-9-32-20-24-42(41)48(34)46(31)32/h1-28H. The van der Waals surface area contributed by atoms with E-state index in [1.807, 2.05) is 0 Å². The Labute approximate surface area is 292 Å². The molecular weight excluding hydrogens is 617 g/mol. The molecule has 12 rings (SSSR count). The molecule has 0 N–H and O–H groups in total. The van der Waals surface area contributed by atoms with Crippen molar-refractivity contribution in [2.24, 2.45) is 0 Å². The molecule has 0 radical (unpaired) electrons. The second-order valence-electron chi connectivity index (χ2n) is 14.0. The van der Waals surface area contributed by atoms with Gasteiger partial charge < -0.3 is 4.42 Å². The Morgan fingerprint density at radius 2 is 0.843 bits per heavy atom. The van der Waals surface area contributed by atoms with Crippen molar-refractivity contribution >= 4 is 97.3 Å². The van der Waals surface area contributed by atoms with E-state index in [2.05, 4.69) is 170 Å². The molecule has 1 aromatic heterocycles. The number of furan rings is 1. The van der Waals surface area contributed by atoms with Gasteiger partial charge in [0.05, 0.1) is 0 Å². The molecule has 0 aliphatic heterocycles. The highest BCUT2D eigenvalue weighted by atomic mass is 16.3. The third-order valence-corrected chi connectivity index (χ3v) is 11.3. The molecule has 0 aliphatic carbocycles. The van der Waals surface area contributed by atoms with Gasteiger partial charge in [-0.2, -0.15) is 0 Å². The number of rotatable bonds is 2. The van der Waals surface area contributed by atoms with Crippen LogP contribution in [0.25, 0.3) is 120 Å². The van der Waals surface area contributed by atoms with E-state index in [1.54, 1.807) is 0 Å². The van der Waals surface area contributed by atoms with Gasteiger partial charge in [-0.15, -0.1) is 0 Å². The average molecular weight is 645 g/mol. The maximum atomic E-state index is 6.91. The molecule has 0 aliphatic rings. The lowest BCUT2D eigenvalue weighted by Crippen LogP contribution is -1.89. The minimum absolute atomic E-state index is 0.907. The minimum atomic E-state index is 0.907. The Bertz CT molecular complexity index is 3400. The van der Waals surface area contributed by atoms with Crippen LogP contribution >= 0.6 is 0 Å². The molecule has 12 aromatic rings. The molecule has 0 bridgehead atoms. The molecule has 0 saturated heterocycles. The summed E-state index contributed by atoms with van der Waals surface area (Å²) < 4.78 is 6.91. The van der Waals surface area contributed by atoms with Crippen LogP contribution in [0.4, 0.5) is 0 Å². The van der Waals surface area contributed by atoms with Crippen LogP contribution in [0.15, 0.2) is 174 Å². The van der Waals surface area contributed by atoms with Crippen molar-refractivity contribution in [3.63, 3.8) is 0 Å². The quantitative estimate of drug-likeness (QED) is 0.171. The fourth-order valence-corrected chi connectivity index (χ4v) is 9.00. The van der Waals surface area contributed by atoms with Gasteiger partial charge in [-0.3, -0.25) is 0 Å². The molecule has 0 fully saturated rings. The number of hydrogen-bond donors (Lipinski definition) is 0. The molecule has 0 saturated carbocycles. The lowest BCUT2D eigenvalue weighted by atomic mass is 9.87. The van der Waals surface area contributed by atoms with Gasteiger partial charge >= 0.3 is 0 Å². The van der Waals surface area contributed by atoms with Crippen molar-refractivity contribution in [1.29, 1.82) is 0 Å². The second kappa shape index (κ2) is 9.94. The first kappa shape index (κ1) is 27.2. The summed E-state index contributed by atoms with van der Waals surface area (Å²) in [6, 6.07) is 62.7. The lowest BCUT2D eigenvalue weighted by molar-refractivity contribution is 0.673. The molecular formula is C50H28O. The number of fused-ring (bicyclic) bond motifs is 10. The monoisotopic (exact) mass is 644 g/mol. The first-order valence-corrected chi connectivity index (χ1v) is 17.7. The van der Waals surface area contributed by atoms with E-state index in [9.17, 15) is 0 Å². The summed E-state index contributed by atoms with van der Waals surface area (Å²) in [5, 5.41) is 20.0. The Hall–Kier alpha value is -6.70. The van der Waals surface area contributed by atoms with Crippen LogP contribution in [0.5, 0.6) is 0 Å². The molecule has 0 spiro atoms. The Balaban J connectivity index is 1.18. The van der Waals surface area contributed by atoms with Gasteiger partial charge in [0, 0.05) is 16.2 Å². The summed E-state index contributed by atoms with van der Waals surface area (Å²) >= 11 is 0. The molecule has 0 atom stereocenters. The van der Waals surface area contributed by atoms with Gasteiger partial charge in [0.25, 0.3) is 0 Å². The van der Waals surface area contributed by atoms with E-state index in [1.165, 1.54) is 86.7 Å². The van der Waals surface area contributed by atoms with E-state index < -0.39 is 0 Å². The molecule has 0 unspecified atom stereocenters. The van der Waals surface area contributed by atoms with Crippen LogP contribution < -0.4 is 0 Å². The average Bonchev–Trinajstić information content (AvgIpc) is 3.58. The number of hydrogen-bond acceptors (Lipinski definition) is 1. The van der Waals surface area contributed by atoms with Crippen LogP contribution in [0.2, 0.25) is 0 Å². The predicted molar refractivity (Wildman–Crippen MR) is 218 cm³/mol. The Morgan fingerprint density at radius 1 is 0.275 bits per heavy atom. The van der Waals surface area contributed by atoms with Crippen LogP contribution in [-0.4, -0.2) is 0 Å². The van der Waals surface area contributed by atoms with E-state index in [-0.39, 0.29) is 0 Å². The zero-order valence-electron chi connectivity index (χ0n) is 27.6. The SMILES string of the molecule is c1ccc2c(c1)ccc1c2oc2cc(-c3ccc4c(ccc5ccc6ccccc6c54)c3)cc(-c3ccc4ccc5cccc6ccc3c4c56)c21. The zero-order chi connectivity index (χ0) is 33.2. The lowest BCUT2D eigenvalue weighted by Gasteiger charge is -2.16. The van der Waals surface area contributed by atoms with Crippen LogP contribution in [0, 0.1) is 0 Å². The van der Waals surface area contributed by atoms with Crippen molar-refractivity contribution in [2.75, 3.05) is 0 Å². The van der Waals surface area contributed by atoms with Gasteiger partial charge in [0.1, 0.15) is 11.2 Å². The third-order valence-electron chi connectivity index (χ3n) is 11.3. The highest BCUT2D eigenvalue weighted by Gasteiger charge is 2.20. The molecule has 1 nitrogen and oxygen atoms in total. The van der Waals surface area contributed by atoms with E-state index in [4.69, 9.17) is 4.42 Å². The number of benzene rings is 11. The van der Waals surface area contributed by atoms with E-state index >= 15 is 0 Å². The minimum Gasteiger partial charge on any atom is -0.455 e. The fraction of sp³-hybridized carbons (Fsp3) is 0. The fourth-order valence-electron chi connectivity index (χ4n) is 9.00. The van der Waals surface area contributed by atoms with Gasteiger partial charge in [0.2, 0.25) is 0 Å². The summed E-state index contributed by atoms with van der Waals surface area (Å²) in [5.41, 5.74) is 6.58. The van der Waals surface area contributed by atoms with Crippen LogP contribution in [-0.2, 0) is 0 Å². The highest BCUT2D eigenvalue weighted by molar-refractivity contribution is 6.28. The van der Waals surface area contributed by atoms with Gasteiger partial charge in [-0.1, -0.05) is 146 Å². The summed E-state index contributed by atoms with van der Waals surface area (Å²) in [5.74, 6) is 0. The summed E-state index contributed by atoms with van der Waals surface area (Å²) in [6.45, 7) is 0. The van der Waals surface area contributed by atoms with Crippen molar-refractivity contribution < 1.29 is 4.42 Å². The summed E-state index contributed by atoms with van der Waals surface area (Å²) in [6.07, 6.45) is 0. The maximum Gasteiger partial charge on any atom is 0.143 e. The van der Waals surface area contributed by atoms with Crippen molar-refractivity contribution in [1.82, 2.24) is 0 Å². The largest absolute Gasteiger partial charge is 0.455 e. The predicted octanol–water partition coefficient (Wildman–Crippen LogP) is 14.4. The topological polar surface area (TPSA) is 13.1 Å². The van der Waals surface area contributed by atoms with Crippen LogP contribution in [0.3, 0.4) is 0 Å². The van der Waals surface area contributed by atoms with Crippen LogP contribution in [0.1, 0.15) is 0 Å². The molecule has 0 amide bonds. The van der Waals surface area contributed by atoms with Gasteiger partial charge in [0.15, 0.2) is 0 Å². The van der Waals surface area contributed by atoms with E-state index in [0.29, 0.717) is 0 Å². The van der Waals surface area contributed by atoms with E-state index in [0.717, 1.165) is 32.9 Å². The van der Waals surface area contributed by atoms with Crippen molar-refractivity contribution in [3.05, 3.63) is 170 Å². The molecule has 234 valence electrons. The van der Waals surface area contributed by atoms with Gasteiger partial charge in [-0.05, 0) is 117 Å². The first-order chi connectivity index (χ1) is 25.3. The summed E-state index contributed by atoms with van der Waals surface area (Å²) in [4.78, 5) is 0. The Kier molecular flexibility index (Phi) is 5.29. The van der Waals surface area contributed by atoms with Crippen molar-refractivity contribution in [2.45, 2.75) is 0 Å². The summed E-state index contributed by atoms with van der Waals surface area (Å²) in [7, 11) is 0.